The van der Waals surface area contributed by atoms with Gasteiger partial charge < -0.3 is 10.0 Å². The van der Waals surface area contributed by atoms with Crippen molar-refractivity contribution < 1.29 is 18.3 Å². The summed E-state index contributed by atoms with van der Waals surface area (Å²) in [4.78, 5) is 18.6. The molecular formula is C21H13ClF2N2O3. The number of rotatable bonds is 4. The number of para-hydroxylation sites is 2. The van der Waals surface area contributed by atoms with Crippen molar-refractivity contribution in [2.24, 2.45) is 0 Å². The van der Waals surface area contributed by atoms with Crippen molar-refractivity contribution in [1.82, 2.24) is 4.73 Å². The zero-order chi connectivity index (χ0) is 20.5. The molecule has 1 aromatic heterocycles. The second-order valence-electron chi connectivity index (χ2n) is 6.21. The van der Waals surface area contributed by atoms with Gasteiger partial charge in [0.25, 0.3) is 5.69 Å². The third-order valence-corrected chi connectivity index (χ3v) is 4.68. The van der Waals surface area contributed by atoms with Gasteiger partial charge in [0.15, 0.2) is 5.52 Å². The Balaban J connectivity index is 1.89. The Morgan fingerprint density at radius 1 is 0.966 bits per heavy atom. The van der Waals surface area contributed by atoms with Crippen LogP contribution in [0.1, 0.15) is 5.56 Å². The molecule has 0 bridgehead atoms. The molecule has 0 saturated carbocycles. The van der Waals surface area contributed by atoms with Crippen LogP contribution in [0.5, 0.6) is 0 Å². The van der Waals surface area contributed by atoms with Crippen LogP contribution in [0.2, 0.25) is 5.02 Å². The third kappa shape index (κ3) is 3.40. The van der Waals surface area contributed by atoms with Crippen molar-refractivity contribution in [2.45, 2.75) is 6.61 Å². The minimum Gasteiger partial charge on any atom is -0.618 e. The maximum atomic E-state index is 13.9. The zero-order valence-corrected chi connectivity index (χ0v) is 15.6. The van der Waals surface area contributed by atoms with E-state index in [4.69, 9.17) is 16.4 Å². The van der Waals surface area contributed by atoms with Crippen LogP contribution in [0.4, 0.5) is 8.78 Å². The van der Waals surface area contributed by atoms with Crippen molar-refractivity contribution >= 4 is 22.6 Å². The average Bonchev–Trinajstić information content (AvgIpc) is 2.71. The maximum Gasteiger partial charge on any atom is 0.357 e. The normalized spacial score (nSPS) is 11.0. The monoisotopic (exact) mass is 414 g/mol. The van der Waals surface area contributed by atoms with Crippen molar-refractivity contribution in [3.63, 3.8) is 0 Å². The summed E-state index contributed by atoms with van der Waals surface area (Å²) in [5, 5.41) is 13.3. The Kier molecular flexibility index (Phi) is 4.90. The summed E-state index contributed by atoms with van der Waals surface area (Å²) in [7, 11) is 0. The Hall–Kier alpha value is -3.45. The van der Waals surface area contributed by atoms with Gasteiger partial charge in [-0.2, -0.15) is 4.73 Å². The van der Waals surface area contributed by atoms with Crippen LogP contribution in [-0.4, -0.2) is 4.73 Å². The predicted octanol–water partition coefficient (Wildman–Crippen LogP) is 3.86. The zero-order valence-electron chi connectivity index (χ0n) is 14.8. The fraction of sp³-hybridized carbons (Fsp3) is 0.0476. The first-order valence-electron chi connectivity index (χ1n) is 8.57. The maximum absolute atomic E-state index is 13.9. The number of nitrogens with zero attached hydrogens (tertiary/aromatic N) is 2. The van der Waals surface area contributed by atoms with Gasteiger partial charge in [0.2, 0.25) is 5.52 Å². The molecule has 0 aliphatic heterocycles. The van der Waals surface area contributed by atoms with Crippen LogP contribution in [0.25, 0.3) is 22.3 Å². The van der Waals surface area contributed by atoms with E-state index in [0.29, 0.717) is 15.3 Å². The van der Waals surface area contributed by atoms with E-state index in [0.717, 1.165) is 16.9 Å². The molecule has 0 fully saturated rings. The summed E-state index contributed by atoms with van der Waals surface area (Å²) >= 11 is 5.89. The first-order chi connectivity index (χ1) is 14.0. The quantitative estimate of drug-likeness (QED) is 0.376. The van der Waals surface area contributed by atoms with Crippen molar-refractivity contribution in [3.8, 4) is 11.3 Å². The van der Waals surface area contributed by atoms with Gasteiger partial charge in [-0.15, -0.1) is 4.73 Å². The summed E-state index contributed by atoms with van der Waals surface area (Å²) in [6, 6.07) is 15.9. The highest BCUT2D eigenvalue weighted by Gasteiger charge is 2.23. The molecule has 0 spiro atoms. The van der Waals surface area contributed by atoms with Crippen LogP contribution in [-0.2, 0) is 6.61 Å². The van der Waals surface area contributed by atoms with E-state index in [1.165, 1.54) is 30.3 Å². The van der Waals surface area contributed by atoms with E-state index in [2.05, 4.69) is 0 Å². The average molecular weight is 415 g/mol. The summed E-state index contributed by atoms with van der Waals surface area (Å²) in [6.45, 7) is -0.536. The molecular weight excluding hydrogens is 402 g/mol. The second kappa shape index (κ2) is 7.52. The number of hydrogen-bond acceptors (Lipinski definition) is 3. The number of aromatic nitrogens is 2. The summed E-state index contributed by atoms with van der Waals surface area (Å²) in [5.74, 6) is -1.59. The van der Waals surface area contributed by atoms with E-state index < -0.39 is 23.8 Å². The number of hydrogen-bond donors (Lipinski definition) is 0. The molecule has 1 heterocycles. The van der Waals surface area contributed by atoms with Gasteiger partial charge in [-0.05, 0) is 42.5 Å². The molecule has 4 rings (SSSR count). The summed E-state index contributed by atoms with van der Waals surface area (Å²) < 4.78 is 29.3. The fourth-order valence-corrected chi connectivity index (χ4v) is 3.12. The summed E-state index contributed by atoms with van der Waals surface area (Å²) in [6.07, 6.45) is 0. The lowest BCUT2D eigenvalue weighted by Crippen LogP contribution is -2.42. The van der Waals surface area contributed by atoms with Gasteiger partial charge in [-0.3, -0.25) is 4.79 Å². The van der Waals surface area contributed by atoms with Gasteiger partial charge in [-0.25, -0.2) is 8.78 Å². The van der Waals surface area contributed by atoms with E-state index in [1.54, 1.807) is 24.3 Å². The summed E-state index contributed by atoms with van der Waals surface area (Å²) in [5.41, 5.74) is -0.634. The van der Waals surface area contributed by atoms with Gasteiger partial charge >= 0.3 is 5.56 Å². The topological polar surface area (TPSA) is 58.2 Å². The lowest BCUT2D eigenvalue weighted by atomic mass is 10.1. The predicted molar refractivity (Wildman–Crippen MR) is 104 cm³/mol. The molecule has 29 heavy (non-hydrogen) atoms. The minimum absolute atomic E-state index is 0.158. The van der Waals surface area contributed by atoms with E-state index in [1.807, 2.05) is 0 Å². The Bertz CT molecular complexity index is 1250. The van der Waals surface area contributed by atoms with E-state index in [-0.39, 0.29) is 22.3 Å². The molecule has 0 radical (unpaired) electrons. The number of fused-ring (bicyclic) bond motifs is 1. The highest BCUT2D eigenvalue weighted by atomic mass is 35.5. The third-order valence-electron chi connectivity index (χ3n) is 4.43. The van der Waals surface area contributed by atoms with Crippen LogP contribution in [0, 0.1) is 16.8 Å². The molecule has 4 aromatic rings. The molecule has 3 aromatic carbocycles. The molecule has 5 nitrogen and oxygen atoms in total. The van der Waals surface area contributed by atoms with E-state index in [9.17, 15) is 18.8 Å². The van der Waals surface area contributed by atoms with Gasteiger partial charge in [0.05, 0.1) is 11.1 Å². The van der Waals surface area contributed by atoms with E-state index >= 15 is 0 Å². The molecule has 8 heteroatoms. The molecule has 0 aliphatic rings. The second-order valence-corrected chi connectivity index (χ2v) is 6.65. The highest BCUT2D eigenvalue weighted by Crippen LogP contribution is 2.19. The fourth-order valence-electron chi connectivity index (χ4n) is 3.00. The first kappa shape index (κ1) is 18.9. The standard InChI is InChI=1S/C21H13ClF2N2O3/c22-14-10-8-13(9-11-14)20-21(27)26(19-7-2-1-6-18(19)25(20)28)29-12-15-16(23)4-3-5-17(15)24/h1-11H,12H2. The molecule has 0 unspecified atom stereocenters. The highest BCUT2D eigenvalue weighted by molar-refractivity contribution is 6.30. The first-order valence-corrected chi connectivity index (χ1v) is 8.94. The van der Waals surface area contributed by atoms with Gasteiger partial charge in [0.1, 0.15) is 18.2 Å². The smallest absolute Gasteiger partial charge is 0.357 e. The SMILES string of the molecule is O=c1c(-c2ccc(Cl)cc2)[n+]([O-])c2ccccc2n1OCc1c(F)cccc1F. The van der Waals surface area contributed by atoms with Crippen molar-refractivity contribution in [1.29, 1.82) is 0 Å². The Morgan fingerprint density at radius 3 is 2.31 bits per heavy atom. The van der Waals surface area contributed by atoms with Crippen LogP contribution in [0.15, 0.2) is 71.5 Å². The Labute approximate surface area is 168 Å². The Morgan fingerprint density at radius 2 is 1.62 bits per heavy atom. The van der Waals surface area contributed by atoms with Gasteiger partial charge in [-0.1, -0.05) is 29.8 Å². The lowest BCUT2D eigenvalue weighted by molar-refractivity contribution is -0.566. The van der Waals surface area contributed by atoms with Crippen LogP contribution >= 0.6 is 11.6 Å². The minimum atomic E-state index is -0.796. The van der Waals surface area contributed by atoms with Crippen LogP contribution in [0.3, 0.4) is 0 Å². The molecule has 0 saturated heterocycles. The van der Waals surface area contributed by atoms with Crippen molar-refractivity contribution in [3.05, 3.63) is 105 Å². The van der Waals surface area contributed by atoms with Crippen molar-refractivity contribution in [2.75, 3.05) is 0 Å². The molecule has 0 aliphatic carbocycles. The molecule has 146 valence electrons. The molecule has 0 N–H and O–H groups in total. The van der Waals surface area contributed by atoms with Gasteiger partial charge in [0, 0.05) is 11.1 Å². The largest absolute Gasteiger partial charge is 0.618 e. The number of benzene rings is 3. The van der Waals surface area contributed by atoms with Crippen LogP contribution < -0.4 is 15.1 Å². The molecule has 0 atom stereocenters. The number of halogens is 3. The molecule has 0 amide bonds. The lowest BCUT2D eigenvalue weighted by Gasteiger charge is -2.14.